The molecule has 0 spiro atoms. The molecule has 0 amide bonds. The molecular formula is C13H16N2OS2. The van der Waals surface area contributed by atoms with Crippen molar-refractivity contribution in [2.24, 2.45) is 7.05 Å². The molecule has 0 aliphatic carbocycles. The first-order chi connectivity index (χ1) is 8.81. The van der Waals surface area contributed by atoms with Gasteiger partial charge in [0, 0.05) is 23.4 Å². The SMILES string of the molecule is Cn1c(CO)cnc1SCCSc1ccccc1. The third kappa shape index (κ3) is 3.54. The lowest BCUT2D eigenvalue weighted by atomic mass is 10.4. The van der Waals surface area contributed by atoms with Crippen molar-refractivity contribution in [2.45, 2.75) is 16.7 Å². The van der Waals surface area contributed by atoms with E-state index in [1.807, 2.05) is 29.4 Å². The van der Waals surface area contributed by atoms with Gasteiger partial charge in [-0.2, -0.15) is 0 Å². The van der Waals surface area contributed by atoms with Crippen LogP contribution in [0, 0.1) is 0 Å². The topological polar surface area (TPSA) is 38.0 Å². The molecule has 5 heteroatoms. The van der Waals surface area contributed by atoms with Gasteiger partial charge in [-0.25, -0.2) is 4.98 Å². The predicted octanol–water partition coefficient (Wildman–Crippen LogP) is 2.80. The van der Waals surface area contributed by atoms with Crippen molar-refractivity contribution in [3.63, 3.8) is 0 Å². The van der Waals surface area contributed by atoms with E-state index in [0.717, 1.165) is 22.4 Å². The Morgan fingerprint density at radius 1 is 1.17 bits per heavy atom. The highest BCUT2D eigenvalue weighted by Crippen LogP contribution is 2.22. The fraction of sp³-hybridized carbons (Fsp3) is 0.308. The van der Waals surface area contributed by atoms with E-state index >= 15 is 0 Å². The van der Waals surface area contributed by atoms with Crippen LogP contribution in [0.1, 0.15) is 5.69 Å². The molecule has 96 valence electrons. The first-order valence-electron chi connectivity index (χ1n) is 5.73. The Morgan fingerprint density at radius 2 is 1.89 bits per heavy atom. The van der Waals surface area contributed by atoms with Gasteiger partial charge >= 0.3 is 0 Å². The van der Waals surface area contributed by atoms with E-state index in [9.17, 15) is 0 Å². The molecule has 1 aromatic carbocycles. The van der Waals surface area contributed by atoms with Crippen molar-refractivity contribution in [2.75, 3.05) is 11.5 Å². The summed E-state index contributed by atoms with van der Waals surface area (Å²) < 4.78 is 1.94. The number of thioether (sulfide) groups is 2. The van der Waals surface area contributed by atoms with Crippen LogP contribution in [-0.2, 0) is 13.7 Å². The Balaban J connectivity index is 1.77. The van der Waals surface area contributed by atoms with Crippen LogP contribution >= 0.6 is 23.5 Å². The average molecular weight is 280 g/mol. The van der Waals surface area contributed by atoms with Gasteiger partial charge in [0.1, 0.15) is 0 Å². The second-order valence-electron chi connectivity index (χ2n) is 3.76. The Kier molecular flexibility index (Phi) is 5.16. The highest BCUT2D eigenvalue weighted by molar-refractivity contribution is 8.02. The van der Waals surface area contributed by atoms with Crippen LogP contribution in [0.4, 0.5) is 0 Å². The molecule has 2 rings (SSSR count). The summed E-state index contributed by atoms with van der Waals surface area (Å²) in [4.78, 5) is 5.59. The Morgan fingerprint density at radius 3 is 2.56 bits per heavy atom. The molecule has 1 aromatic heterocycles. The molecule has 1 N–H and O–H groups in total. The van der Waals surface area contributed by atoms with E-state index in [-0.39, 0.29) is 6.61 Å². The van der Waals surface area contributed by atoms with Crippen molar-refractivity contribution in [1.82, 2.24) is 9.55 Å². The van der Waals surface area contributed by atoms with Crippen LogP contribution in [0.2, 0.25) is 0 Å². The zero-order valence-electron chi connectivity index (χ0n) is 10.2. The van der Waals surface area contributed by atoms with Crippen LogP contribution in [-0.4, -0.2) is 26.2 Å². The number of imidazole rings is 1. The van der Waals surface area contributed by atoms with Crippen molar-refractivity contribution < 1.29 is 5.11 Å². The standard InChI is InChI=1S/C13H16N2OS2/c1-15-11(10-16)9-14-13(15)18-8-7-17-12-5-3-2-4-6-12/h2-6,9,16H,7-8,10H2,1H3. The van der Waals surface area contributed by atoms with Gasteiger partial charge in [-0.15, -0.1) is 11.8 Å². The Hall–Kier alpha value is -0.910. The Labute approximate surface area is 116 Å². The summed E-state index contributed by atoms with van der Waals surface area (Å²) in [6, 6.07) is 10.4. The maximum Gasteiger partial charge on any atom is 0.167 e. The highest BCUT2D eigenvalue weighted by atomic mass is 32.2. The predicted molar refractivity (Wildman–Crippen MR) is 77.0 cm³/mol. The van der Waals surface area contributed by atoms with Crippen LogP contribution < -0.4 is 0 Å². The summed E-state index contributed by atoms with van der Waals surface area (Å²) in [5.74, 6) is 2.06. The summed E-state index contributed by atoms with van der Waals surface area (Å²) in [7, 11) is 1.94. The number of benzene rings is 1. The van der Waals surface area contributed by atoms with Crippen LogP contribution in [0.5, 0.6) is 0 Å². The minimum absolute atomic E-state index is 0.0445. The lowest BCUT2D eigenvalue weighted by molar-refractivity contribution is 0.271. The van der Waals surface area contributed by atoms with E-state index in [2.05, 4.69) is 29.2 Å². The lowest BCUT2D eigenvalue weighted by Crippen LogP contribution is -1.98. The lowest BCUT2D eigenvalue weighted by Gasteiger charge is -2.04. The fourth-order valence-electron chi connectivity index (χ4n) is 1.52. The summed E-state index contributed by atoms with van der Waals surface area (Å²) in [5, 5.41) is 10.0. The maximum absolute atomic E-state index is 9.08. The van der Waals surface area contributed by atoms with E-state index < -0.39 is 0 Å². The van der Waals surface area contributed by atoms with Gasteiger partial charge in [0.2, 0.25) is 0 Å². The molecule has 0 aliphatic heterocycles. The molecule has 2 aromatic rings. The smallest absolute Gasteiger partial charge is 0.167 e. The van der Waals surface area contributed by atoms with Crippen molar-refractivity contribution >= 4 is 23.5 Å². The molecule has 18 heavy (non-hydrogen) atoms. The van der Waals surface area contributed by atoms with Gasteiger partial charge in [-0.05, 0) is 12.1 Å². The molecule has 0 unspecified atom stereocenters. The summed E-state index contributed by atoms with van der Waals surface area (Å²) in [5.41, 5.74) is 0.855. The molecule has 0 saturated heterocycles. The Bertz CT molecular complexity index is 485. The number of nitrogens with zero attached hydrogens (tertiary/aromatic N) is 2. The van der Waals surface area contributed by atoms with Gasteiger partial charge in [0.15, 0.2) is 5.16 Å². The van der Waals surface area contributed by atoms with Gasteiger partial charge in [-0.1, -0.05) is 30.0 Å². The summed E-state index contributed by atoms with van der Waals surface area (Å²) in [6.45, 7) is 0.0445. The highest BCUT2D eigenvalue weighted by Gasteiger charge is 2.05. The normalized spacial score (nSPS) is 10.8. The second kappa shape index (κ2) is 6.87. The van der Waals surface area contributed by atoms with Gasteiger partial charge in [-0.3, -0.25) is 0 Å². The number of aliphatic hydroxyl groups excluding tert-OH is 1. The molecule has 1 heterocycles. The molecule has 0 atom stereocenters. The van der Waals surface area contributed by atoms with E-state index in [0.29, 0.717) is 0 Å². The minimum Gasteiger partial charge on any atom is -0.390 e. The zero-order chi connectivity index (χ0) is 12.8. The first-order valence-corrected chi connectivity index (χ1v) is 7.70. The van der Waals surface area contributed by atoms with E-state index in [4.69, 9.17) is 5.11 Å². The van der Waals surface area contributed by atoms with Crippen LogP contribution in [0.3, 0.4) is 0 Å². The maximum atomic E-state index is 9.08. The van der Waals surface area contributed by atoms with Crippen molar-refractivity contribution in [1.29, 1.82) is 0 Å². The number of hydrogen-bond donors (Lipinski definition) is 1. The van der Waals surface area contributed by atoms with Crippen LogP contribution in [0.15, 0.2) is 46.6 Å². The summed E-state index contributed by atoms with van der Waals surface area (Å²) in [6.07, 6.45) is 1.73. The molecule has 0 aliphatic rings. The number of hydrogen-bond acceptors (Lipinski definition) is 4. The van der Waals surface area contributed by atoms with Gasteiger partial charge in [0.05, 0.1) is 18.5 Å². The van der Waals surface area contributed by atoms with Crippen molar-refractivity contribution in [3.05, 3.63) is 42.2 Å². The molecular weight excluding hydrogens is 264 g/mol. The zero-order valence-corrected chi connectivity index (χ0v) is 11.9. The molecule has 0 bridgehead atoms. The fourth-order valence-corrected chi connectivity index (χ4v) is 3.39. The molecule has 0 fully saturated rings. The third-order valence-corrected chi connectivity index (χ3v) is 4.85. The molecule has 0 radical (unpaired) electrons. The molecule has 3 nitrogen and oxygen atoms in total. The minimum atomic E-state index is 0.0445. The molecule has 0 saturated carbocycles. The number of rotatable bonds is 6. The average Bonchev–Trinajstić information content (AvgIpc) is 2.77. The number of aliphatic hydroxyl groups is 1. The second-order valence-corrected chi connectivity index (χ2v) is 5.99. The van der Waals surface area contributed by atoms with E-state index in [1.54, 1.807) is 18.0 Å². The monoisotopic (exact) mass is 280 g/mol. The third-order valence-electron chi connectivity index (χ3n) is 2.53. The summed E-state index contributed by atoms with van der Waals surface area (Å²) >= 11 is 3.57. The van der Waals surface area contributed by atoms with Gasteiger partial charge in [0.25, 0.3) is 0 Å². The van der Waals surface area contributed by atoms with Gasteiger partial charge < -0.3 is 9.67 Å². The van der Waals surface area contributed by atoms with E-state index in [1.165, 1.54) is 4.90 Å². The first kappa shape index (κ1) is 13.5. The van der Waals surface area contributed by atoms with Crippen molar-refractivity contribution in [3.8, 4) is 0 Å². The largest absolute Gasteiger partial charge is 0.390 e. The quantitative estimate of drug-likeness (QED) is 0.652. The van der Waals surface area contributed by atoms with Crippen LogP contribution in [0.25, 0.3) is 0 Å². The number of aromatic nitrogens is 2.